The maximum Gasteiger partial charge on any atom is 0.139 e. The molecule has 0 aliphatic heterocycles. The molecule has 1 atom stereocenters. The number of aromatic nitrogens is 2. The Bertz CT molecular complexity index is 588. The minimum Gasteiger partial charge on any atom is -0.324 e. The van der Waals surface area contributed by atoms with Crippen LogP contribution in [0.25, 0.3) is 11.0 Å². The topological polar surface area (TPSA) is 17.8 Å². The zero-order valence-electron chi connectivity index (χ0n) is 10.8. The van der Waals surface area contributed by atoms with Gasteiger partial charge in [0, 0.05) is 12.1 Å². The Morgan fingerprint density at radius 2 is 2.26 bits per heavy atom. The van der Waals surface area contributed by atoms with Crippen LogP contribution in [-0.4, -0.2) is 21.6 Å². The van der Waals surface area contributed by atoms with Crippen LogP contribution in [0.15, 0.2) is 16.6 Å². The summed E-state index contributed by atoms with van der Waals surface area (Å²) in [7, 11) is 0. The van der Waals surface area contributed by atoms with Crippen LogP contribution in [0.4, 0.5) is 4.39 Å². The Kier molecular flexibility index (Phi) is 5.15. The molecule has 1 aromatic carbocycles. The van der Waals surface area contributed by atoms with Crippen molar-refractivity contribution < 1.29 is 4.39 Å². The van der Waals surface area contributed by atoms with Gasteiger partial charge in [0.05, 0.1) is 21.4 Å². The van der Waals surface area contributed by atoms with Gasteiger partial charge in [0.1, 0.15) is 11.6 Å². The number of alkyl halides is 1. The van der Waals surface area contributed by atoms with Crippen LogP contribution >= 0.6 is 39.3 Å². The molecule has 0 bridgehead atoms. The third kappa shape index (κ3) is 3.09. The van der Waals surface area contributed by atoms with E-state index in [9.17, 15) is 4.39 Å². The number of nitrogens with zero attached hydrogens (tertiary/aromatic N) is 2. The van der Waals surface area contributed by atoms with E-state index >= 15 is 0 Å². The first-order valence-corrected chi connectivity index (χ1v) is 8.71. The van der Waals surface area contributed by atoms with Crippen LogP contribution in [0.2, 0.25) is 0 Å². The molecule has 0 fully saturated rings. The first-order valence-electron chi connectivity index (χ1n) is 5.99. The number of hydrogen-bond donors (Lipinski definition) is 0. The summed E-state index contributed by atoms with van der Waals surface area (Å²) in [5.41, 5.74) is 1.59. The lowest BCUT2D eigenvalue weighted by molar-refractivity contribution is 0.533. The summed E-state index contributed by atoms with van der Waals surface area (Å²) in [6, 6.07) is 3.53. The fourth-order valence-electron chi connectivity index (χ4n) is 2.14. The lowest BCUT2D eigenvalue weighted by Crippen LogP contribution is -2.09. The van der Waals surface area contributed by atoms with Gasteiger partial charge in [-0.2, -0.15) is 11.8 Å². The monoisotopic (exact) mass is 364 g/mol. The Morgan fingerprint density at radius 1 is 1.53 bits per heavy atom. The maximum absolute atomic E-state index is 13.6. The Hall–Kier alpha value is -0.260. The minimum atomic E-state index is -0.296. The lowest BCUT2D eigenvalue weighted by atomic mass is 10.2. The fraction of sp³-hybridized carbons (Fsp3) is 0.462. The summed E-state index contributed by atoms with van der Waals surface area (Å²) in [6.45, 7) is 2.14. The van der Waals surface area contributed by atoms with Gasteiger partial charge in [-0.25, -0.2) is 9.37 Å². The van der Waals surface area contributed by atoms with Gasteiger partial charge in [-0.15, -0.1) is 11.6 Å². The van der Waals surface area contributed by atoms with Gasteiger partial charge in [-0.3, -0.25) is 0 Å². The van der Waals surface area contributed by atoms with Crippen LogP contribution in [0.5, 0.6) is 0 Å². The van der Waals surface area contributed by atoms with Crippen LogP contribution in [-0.2, 0) is 5.88 Å². The van der Waals surface area contributed by atoms with Gasteiger partial charge in [-0.05, 0) is 47.3 Å². The molecular weight excluding hydrogens is 351 g/mol. The standard InChI is InChI=1S/C13H15BrClFN2S/c1-8(3-4-19-2)18-12-5-9(14)10(16)6-11(12)17-13(18)7-15/h5-6,8H,3-4,7H2,1-2H3. The number of fused-ring (bicyclic) bond motifs is 1. The third-order valence-corrected chi connectivity index (χ3v) is 4.60. The van der Waals surface area contributed by atoms with Crippen molar-refractivity contribution >= 4 is 50.3 Å². The molecule has 0 aliphatic rings. The van der Waals surface area contributed by atoms with Gasteiger partial charge in [0.2, 0.25) is 0 Å². The van der Waals surface area contributed by atoms with Crippen molar-refractivity contribution in [3.8, 4) is 0 Å². The van der Waals surface area contributed by atoms with E-state index in [0.717, 1.165) is 23.5 Å². The molecule has 0 aliphatic carbocycles. The highest BCUT2D eigenvalue weighted by molar-refractivity contribution is 9.10. The number of imidazole rings is 1. The molecule has 1 aromatic heterocycles. The van der Waals surface area contributed by atoms with Crippen molar-refractivity contribution in [3.05, 3.63) is 28.2 Å². The minimum absolute atomic E-state index is 0.295. The van der Waals surface area contributed by atoms with Crippen LogP contribution in [0.3, 0.4) is 0 Å². The predicted molar refractivity (Wildman–Crippen MR) is 84.7 cm³/mol. The highest BCUT2D eigenvalue weighted by Gasteiger charge is 2.16. The van der Waals surface area contributed by atoms with Gasteiger partial charge in [-0.1, -0.05) is 0 Å². The first-order chi connectivity index (χ1) is 9.08. The molecule has 0 saturated heterocycles. The van der Waals surface area contributed by atoms with Gasteiger partial charge in [0.15, 0.2) is 0 Å². The Morgan fingerprint density at radius 3 is 2.89 bits per heavy atom. The lowest BCUT2D eigenvalue weighted by Gasteiger charge is -2.16. The summed E-state index contributed by atoms with van der Waals surface area (Å²) in [5, 5.41) is 0. The summed E-state index contributed by atoms with van der Waals surface area (Å²) in [6.07, 6.45) is 3.12. The third-order valence-electron chi connectivity index (χ3n) is 3.10. The molecular formula is C13H15BrClFN2S. The number of hydrogen-bond acceptors (Lipinski definition) is 2. The number of halogens is 3. The molecule has 0 amide bonds. The van der Waals surface area contributed by atoms with Crippen LogP contribution in [0.1, 0.15) is 25.2 Å². The highest BCUT2D eigenvalue weighted by atomic mass is 79.9. The van der Waals surface area contributed by atoms with Crippen molar-refractivity contribution in [1.82, 2.24) is 9.55 Å². The molecule has 2 nitrogen and oxygen atoms in total. The quantitative estimate of drug-likeness (QED) is 0.695. The average Bonchev–Trinajstić information content (AvgIpc) is 2.74. The molecule has 6 heteroatoms. The molecule has 0 N–H and O–H groups in total. The highest BCUT2D eigenvalue weighted by Crippen LogP contribution is 2.29. The van der Waals surface area contributed by atoms with Crippen molar-refractivity contribution in [2.24, 2.45) is 0 Å². The molecule has 19 heavy (non-hydrogen) atoms. The zero-order valence-corrected chi connectivity index (χ0v) is 13.9. The van der Waals surface area contributed by atoms with Crippen LogP contribution < -0.4 is 0 Å². The molecule has 1 unspecified atom stereocenters. The SMILES string of the molecule is CSCCC(C)n1c(CCl)nc2cc(F)c(Br)cc21. The van der Waals surface area contributed by atoms with Crippen molar-refractivity contribution in [3.63, 3.8) is 0 Å². The first kappa shape index (κ1) is 15.1. The largest absolute Gasteiger partial charge is 0.324 e. The van der Waals surface area contributed by atoms with E-state index in [-0.39, 0.29) is 5.82 Å². The summed E-state index contributed by atoms with van der Waals surface area (Å²) in [4.78, 5) is 4.43. The molecule has 0 radical (unpaired) electrons. The normalized spacial score (nSPS) is 13.1. The molecule has 2 aromatic rings. The van der Waals surface area contributed by atoms with Gasteiger partial charge in [0.25, 0.3) is 0 Å². The molecule has 0 spiro atoms. The van der Waals surface area contributed by atoms with Gasteiger partial charge < -0.3 is 4.57 Å². The Balaban J connectivity index is 2.53. The molecule has 104 valence electrons. The summed E-state index contributed by atoms with van der Waals surface area (Å²) >= 11 is 11.0. The molecule has 0 saturated carbocycles. The maximum atomic E-state index is 13.6. The second kappa shape index (κ2) is 6.46. The van der Waals surface area contributed by atoms with E-state index in [0.29, 0.717) is 21.9 Å². The van der Waals surface area contributed by atoms with Crippen molar-refractivity contribution in [1.29, 1.82) is 0 Å². The van der Waals surface area contributed by atoms with Crippen molar-refractivity contribution in [2.45, 2.75) is 25.3 Å². The van der Waals surface area contributed by atoms with Crippen molar-refractivity contribution in [2.75, 3.05) is 12.0 Å². The average molecular weight is 366 g/mol. The molecule has 2 rings (SSSR count). The number of thioether (sulfide) groups is 1. The fourth-order valence-corrected chi connectivity index (χ4v) is 3.24. The van der Waals surface area contributed by atoms with E-state index in [4.69, 9.17) is 11.6 Å². The zero-order chi connectivity index (χ0) is 14.0. The second-order valence-electron chi connectivity index (χ2n) is 4.42. The van der Waals surface area contributed by atoms with E-state index in [1.54, 1.807) is 6.07 Å². The Labute approximate surface area is 129 Å². The van der Waals surface area contributed by atoms with Gasteiger partial charge >= 0.3 is 0 Å². The smallest absolute Gasteiger partial charge is 0.139 e. The molecule has 1 heterocycles. The van der Waals surface area contributed by atoms with Crippen LogP contribution in [0, 0.1) is 5.82 Å². The predicted octanol–water partition coefficient (Wildman–Crippen LogP) is 4.99. The number of rotatable bonds is 5. The van der Waals surface area contributed by atoms with E-state index in [2.05, 4.69) is 38.7 Å². The number of benzene rings is 1. The van der Waals surface area contributed by atoms with E-state index in [1.165, 1.54) is 6.07 Å². The summed E-state index contributed by atoms with van der Waals surface area (Å²) < 4.78 is 16.1. The van der Waals surface area contributed by atoms with E-state index in [1.807, 2.05) is 11.8 Å². The summed E-state index contributed by atoms with van der Waals surface area (Å²) in [5.74, 6) is 1.90. The van der Waals surface area contributed by atoms with E-state index < -0.39 is 0 Å². The second-order valence-corrected chi connectivity index (χ2v) is 6.52.